The largest absolute Gasteiger partial charge is 0.497 e. The van der Waals surface area contributed by atoms with Crippen LogP contribution in [0.3, 0.4) is 0 Å². The van der Waals surface area contributed by atoms with Gasteiger partial charge in [0, 0.05) is 25.5 Å². The lowest BCUT2D eigenvalue weighted by atomic mass is 10.2. The van der Waals surface area contributed by atoms with Crippen LogP contribution in [-0.2, 0) is 18.4 Å². The summed E-state index contributed by atoms with van der Waals surface area (Å²) in [6.45, 7) is 0.694. The molecule has 0 N–H and O–H groups in total. The van der Waals surface area contributed by atoms with Crippen LogP contribution in [0.15, 0.2) is 75.7 Å². The van der Waals surface area contributed by atoms with Crippen LogP contribution >= 0.6 is 38.3 Å². The molecule has 1 aliphatic rings. The van der Waals surface area contributed by atoms with E-state index in [9.17, 15) is 0 Å². The molecule has 4 rings (SSSR count). The molecular weight excluding hydrogens is 509 g/mol. The van der Waals surface area contributed by atoms with Crippen LogP contribution in [0.25, 0.3) is 0 Å². The predicted octanol–water partition coefficient (Wildman–Crippen LogP) is 6.25. The average Bonchev–Trinajstić information content (AvgIpc) is 2.68. The lowest BCUT2D eigenvalue weighted by molar-refractivity contribution is 0.415. The van der Waals surface area contributed by atoms with Gasteiger partial charge in [-0.15, -0.1) is 0 Å². The third-order valence-corrected chi connectivity index (χ3v) is 9.28. The van der Waals surface area contributed by atoms with E-state index in [-0.39, 0.29) is 0 Å². The van der Waals surface area contributed by atoms with E-state index >= 15 is 0 Å². The summed E-state index contributed by atoms with van der Waals surface area (Å²) in [7, 11) is 1.66. The minimum atomic E-state index is -2.51. The Hall–Kier alpha value is -1.33. The second-order valence-electron chi connectivity index (χ2n) is 6.10. The molecule has 1 aliphatic heterocycles. The molecule has 27 heavy (non-hydrogen) atoms. The predicted molar refractivity (Wildman–Crippen MR) is 122 cm³/mol. The number of nitrogens with zero attached hydrogens (tertiary/aromatic N) is 1. The van der Waals surface area contributed by atoms with Crippen molar-refractivity contribution in [3.63, 3.8) is 0 Å². The summed E-state index contributed by atoms with van der Waals surface area (Å²) in [5.74, 6) is 1.66. The molecule has 0 saturated heterocycles. The highest BCUT2D eigenvalue weighted by molar-refractivity contribution is 9.10. The van der Waals surface area contributed by atoms with E-state index in [0.29, 0.717) is 6.54 Å². The van der Waals surface area contributed by atoms with Crippen molar-refractivity contribution >= 4 is 61.1 Å². The Balaban J connectivity index is 1.85. The maximum Gasteiger partial charge on any atom is 0.234 e. The van der Waals surface area contributed by atoms with Gasteiger partial charge >= 0.3 is 0 Å². The molecule has 1 heterocycles. The fourth-order valence-electron chi connectivity index (χ4n) is 3.02. The molecular formula is C20H16Br2NO2PS. The molecule has 0 spiro atoms. The molecule has 3 aromatic rings. The zero-order chi connectivity index (χ0) is 19.0. The van der Waals surface area contributed by atoms with Gasteiger partial charge in [0.05, 0.1) is 13.7 Å². The number of benzene rings is 3. The minimum Gasteiger partial charge on any atom is -0.497 e. The first-order chi connectivity index (χ1) is 13.0. The molecule has 1 unspecified atom stereocenters. The smallest absolute Gasteiger partial charge is 0.234 e. The third kappa shape index (κ3) is 3.68. The summed E-state index contributed by atoms with van der Waals surface area (Å²) in [6.07, 6.45) is -2.51. The molecule has 138 valence electrons. The third-order valence-electron chi connectivity index (χ3n) is 4.41. The summed E-state index contributed by atoms with van der Waals surface area (Å²) in [4.78, 5) is 0. The van der Waals surface area contributed by atoms with Gasteiger partial charge in [0.15, 0.2) is 0 Å². The molecule has 0 amide bonds. The second-order valence-corrected chi connectivity index (χ2v) is 11.6. The number of hydrogen-bond donors (Lipinski definition) is 0. The summed E-state index contributed by atoms with van der Waals surface area (Å²) in [5, 5.41) is 0.995. The minimum absolute atomic E-state index is 0.694. The quantitative estimate of drug-likeness (QED) is 0.377. The van der Waals surface area contributed by atoms with E-state index < -0.39 is 6.42 Å². The molecule has 1 atom stereocenters. The summed E-state index contributed by atoms with van der Waals surface area (Å²) >= 11 is 13.3. The fourth-order valence-corrected chi connectivity index (χ4v) is 6.98. The fraction of sp³-hybridized carbons (Fsp3) is 0.100. The van der Waals surface area contributed by atoms with E-state index in [2.05, 4.69) is 54.7 Å². The van der Waals surface area contributed by atoms with Gasteiger partial charge in [0.2, 0.25) is 6.42 Å². The Morgan fingerprint density at radius 3 is 2.30 bits per heavy atom. The van der Waals surface area contributed by atoms with Gasteiger partial charge in [-0.3, -0.25) is 0 Å². The zero-order valence-corrected chi connectivity index (χ0v) is 19.3. The molecule has 0 radical (unpaired) electrons. The maximum atomic E-state index is 6.51. The summed E-state index contributed by atoms with van der Waals surface area (Å²) in [5.41, 5.74) is 2.16. The monoisotopic (exact) mass is 523 g/mol. The maximum absolute atomic E-state index is 6.51. The molecule has 3 aromatic carbocycles. The van der Waals surface area contributed by atoms with Crippen LogP contribution in [0.1, 0.15) is 5.56 Å². The van der Waals surface area contributed by atoms with E-state index in [0.717, 1.165) is 37.0 Å². The molecule has 0 bridgehead atoms. The number of rotatable bonds is 3. The zero-order valence-electron chi connectivity index (χ0n) is 14.4. The highest BCUT2D eigenvalue weighted by atomic mass is 79.9. The van der Waals surface area contributed by atoms with Crippen molar-refractivity contribution in [2.24, 2.45) is 0 Å². The number of anilines is 1. The number of methoxy groups -OCH3 is 1. The summed E-state index contributed by atoms with van der Waals surface area (Å²) < 4.78 is 16.1. The topological polar surface area (TPSA) is 21.7 Å². The van der Waals surface area contributed by atoms with Crippen molar-refractivity contribution in [2.75, 3.05) is 11.8 Å². The first-order valence-electron chi connectivity index (χ1n) is 8.26. The van der Waals surface area contributed by atoms with Crippen molar-refractivity contribution in [1.29, 1.82) is 0 Å². The lowest BCUT2D eigenvalue weighted by Crippen LogP contribution is -2.32. The molecule has 7 heteroatoms. The Labute approximate surface area is 180 Å². The van der Waals surface area contributed by atoms with Crippen LogP contribution < -0.4 is 19.2 Å². The van der Waals surface area contributed by atoms with Crippen LogP contribution in [0.2, 0.25) is 0 Å². The van der Waals surface area contributed by atoms with Gasteiger partial charge in [-0.05, 0) is 78.5 Å². The van der Waals surface area contributed by atoms with Gasteiger partial charge in [0.1, 0.15) is 11.5 Å². The second kappa shape index (κ2) is 7.59. The van der Waals surface area contributed by atoms with Gasteiger partial charge in [0.25, 0.3) is 0 Å². The van der Waals surface area contributed by atoms with E-state index in [1.165, 1.54) is 0 Å². The first kappa shape index (κ1) is 19.0. The van der Waals surface area contributed by atoms with Crippen molar-refractivity contribution in [3.05, 3.63) is 81.2 Å². The van der Waals surface area contributed by atoms with Crippen molar-refractivity contribution < 1.29 is 9.26 Å². The molecule has 0 fully saturated rings. The van der Waals surface area contributed by atoms with Crippen LogP contribution in [0.5, 0.6) is 11.5 Å². The van der Waals surface area contributed by atoms with Crippen molar-refractivity contribution in [3.8, 4) is 11.5 Å². The standard InChI is InChI=1S/C20H16Br2NO2PS/c1-24-18-7-9-19(10-8-18)26(27)23(17-5-2-15(21)3-6-17)13-14-12-16(22)4-11-20(14)25-26/h2-12H,13H2,1H3. The van der Waals surface area contributed by atoms with Crippen LogP contribution in [-0.4, -0.2) is 7.11 Å². The van der Waals surface area contributed by atoms with Crippen molar-refractivity contribution in [1.82, 2.24) is 0 Å². The highest BCUT2D eigenvalue weighted by Gasteiger charge is 2.36. The molecule has 0 saturated carbocycles. The number of halogens is 2. The van der Waals surface area contributed by atoms with Gasteiger partial charge in [-0.25, -0.2) is 0 Å². The van der Waals surface area contributed by atoms with Gasteiger partial charge < -0.3 is 13.9 Å². The van der Waals surface area contributed by atoms with Crippen LogP contribution in [0.4, 0.5) is 5.69 Å². The van der Waals surface area contributed by atoms with E-state index in [1.54, 1.807) is 7.11 Å². The molecule has 3 nitrogen and oxygen atoms in total. The number of fused-ring (bicyclic) bond motifs is 1. The Kier molecular flexibility index (Phi) is 5.34. The van der Waals surface area contributed by atoms with E-state index in [1.807, 2.05) is 48.5 Å². The summed E-state index contributed by atoms with van der Waals surface area (Å²) in [6, 6.07) is 22.2. The average molecular weight is 525 g/mol. The molecule has 0 aromatic heterocycles. The highest BCUT2D eigenvalue weighted by Crippen LogP contribution is 2.57. The van der Waals surface area contributed by atoms with Crippen molar-refractivity contribution in [2.45, 2.75) is 6.54 Å². The molecule has 0 aliphatic carbocycles. The lowest BCUT2D eigenvalue weighted by Gasteiger charge is -2.41. The Bertz CT molecular complexity index is 1030. The van der Waals surface area contributed by atoms with Gasteiger partial charge in [-0.2, -0.15) is 0 Å². The normalized spacial score (nSPS) is 18.6. The van der Waals surface area contributed by atoms with Crippen LogP contribution in [0, 0.1) is 0 Å². The Morgan fingerprint density at radius 1 is 0.963 bits per heavy atom. The number of ether oxygens (including phenoxy) is 1. The van der Waals surface area contributed by atoms with Gasteiger partial charge in [-0.1, -0.05) is 31.9 Å². The van der Waals surface area contributed by atoms with E-state index in [4.69, 9.17) is 21.1 Å². The number of hydrogen-bond acceptors (Lipinski definition) is 3. The Morgan fingerprint density at radius 2 is 1.63 bits per heavy atom. The SMILES string of the molecule is COc1ccc(P2(=S)Oc3ccc(Br)cc3CN2c2ccc(Br)cc2)cc1. The first-order valence-corrected chi connectivity index (χ1v) is 12.5.